The predicted octanol–water partition coefficient (Wildman–Crippen LogP) is 2.94. The largest absolute Gasteiger partial charge is 0.456 e. The summed E-state index contributed by atoms with van der Waals surface area (Å²) in [5.74, 6) is -0.772. The number of aryl methyl sites for hydroxylation is 1. The van der Waals surface area contributed by atoms with Gasteiger partial charge in [0.15, 0.2) is 6.61 Å². The van der Waals surface area contributed by atoms with Crippen LogP contribution in [0, 0.1) is 6.92 Å². The second-order valence-corrected chi connectivity index (χ2v) is 6.63. The number of aromatic nitrogens is 2. The van der Waals surface area contributed by atoms with Crippen LogP contribution in [0.25, 0.3) is 0 Å². The van der Waals surface area contributed by atoms with Crippen molar-refractivity contribution in [2.24, 2.45) is 0 Å². The van der Waals surface area contributed by atoms with Crippen LogP contribution in [0.1, 0.15) is 23.8 Å². The molecule has 138 valence electrons. The third-order valence-corrected chi connectivity index (χ3v) is 4.68. The molecule has 1 N–H and O–H groups in total. The molecule has 11 heteroatoms. The molecule has 0 radical (unpaired) electrons. The minimum absolute atomic E-state index is 0.0702. The molecule has 2 heterocycles. The molecular formula is C15H12F3N3O4S. The molecule has 0 spiro atoms. The van der Waals surface area contributed by atoms with E-state index < -0.39 is 28.9 Å². The van der Waals surface area contributed by atoms with Gasteiger partial charge in [0.25, 0.3) is 5.89 Å². The molecule has 1 aromatic heterocycles. The number of ether oxygens (including phenoxy) is 1. The highest BCUT2D eigenvalue weighted by Crippen LogP contribution is 2.40. The Morgan fingerprint density at radius 2 is 2.15 bits per heavy atom. The Kier molecular flexibility index (Phi) is 4.90. The number of carbonyl (C=O) groups is 2. The molecule has 0 unspecified atom stereocenters. The lowest BCUT2D eigenvalue weighted by Gasteiger charge is -2.24. The highest BCUT2D eigenvalue weighted by molar-refractivity contribution is 8.01. The van der Waals surface area contributed by atoms with Crippen LogP contribution in [-0.2, 0) is 27.1 Å². The summed E-state index contributed by atoms with van der Waals surface area (Å²) in [5.41, 5.74) is -0.786. The average molecular weight is 387 g/mol. The molecule has 0 saturated heterocycles. The van der Waals surface area contributed by atoms with E-state index in [1.54, 1.807) is 6.92 Å². The summed E-state index contributed by atoms with van der Waals surface area (Å²) < 4.78 is 48.2. The molecule has 0 bridgehead atoms. The van der Waals surface area contributed by atoms with E-state index in [1.807, 2.05) is 0 Å². The Balaban J connectivity index is 1.62. The molecule has 0 fully saturated rings. The normalized spacial score (nSPS) is 16.8. The molecule has 1 amide bonds. The fourth-order valence-electron chi connectivity index (χ4n) is 2.21. The molecule has 2 aromatic rings. The molecule has 26 heavy (non-hydrogen) atoms. The number of hydrogen-bond donors (Lipinski definition) is 1. The van der Waals surface area contributed by atoms with Crippen molar-refractivity contribution in [3.05, 3.63) is 35.5 Å². The van der Waals surface area contributed by atoms with Gasteiger partial charge in [-0.15, -0.1) is 22.0 Å². The van der Waals surface area contributed by atoms with Gasteiger partial charge in [0, 0.05) is 11.8 Å². The molecule has 3 rings (SSSR count). The van der Waals surface area contributed by atoms with Gasteiger partial charge >= 0.3 is 12.1 Å². The van der Waals surface area contributed by atoms with E-state index in [9.17, 15) is 22.8 Å². The average Bonchev–Trinajstić information content (AvgIpc) is 2.98. The van der Waals surface area contributed by atoms with Gasteiger partial charge in [0.2, 0.25) is 11.8 Å². The van der Waals surface area contributed by atoms with Crippen molar-refractivity contribution >= 4 is 29.3 Å². The Labute approximate surface area is 149 Å². The number of amides is 1. The van der Waals surface area contributed by atoms with Gasteiger partial charge in [-0.1, -0.05) is 0 Å². The number of thioether (sulfide) groups is 1. The number of rotatable bonds is 4. The molecule has 1 aliphatic heterocycles. The zero-order valence-corrected chi connectivity index (χ0v) is 14.1. The Hall–Kier alpha value is -2.56. The molecule has 1 atom stereocenters. The zero-order chi connectivity index (χ0) is 18.9. The fraction of sp³-hybridized carbons (Fsp3) is 0.333. The lowest BCUT2D eigenvalue weighted by atomic mass is 10.1. The number of halogens is 3. The Morgan fingerprint density at radius 1 is 1.38 bits per heavy atom. The maximum atomic E-state index is 12.7. The second-order valence-electron chi connectivity index (χ2n) is 5.38. The van der Waals surface area contributed by atoms with Gasteiger partial charge < -0.3 is 14.5 Å². The van der Waals surface area contributed by atoms with Gasteiger partial charge in [-0.2, -0.15) is 13.2 Å². The van der Waals surface area contributed by atoms with Crippen LogP contribution in [0.5, 0.6) is 0 Å². The van der Waals surface area contributed by atoms with E-state index in [-0.39, 0.29) is 24.6 Å². The van der Waals surface area contributed by atoms with Crippen LogP contribution in [-0.4, -0.2) is 27.3 Å². The molecular weight excluding hydrogens is 375 g/mol. The Bertz CT molecular complexity index is 853. The van der Waals surface area contributed by atoms with Gasteiger partial charge in [-0.05, 0) is 18.2 Å². The molecule has 1 aromatic carbocycles. The summed E-state index contributed by atoms with van der Waals surface area (Å²) in [6.07, 6.45) is -4.75. The van der Waals surface area contributed by atoms with Gasteiger partial charge in [0.1, 0.15) is 0 Å². The van der Waals surface area contributed by atoms with Gasteiger partial charge in [-0.3, -0.25) is 9.59 Å². The number of hydrogen-bond acceptors (Lipinski definition) is 7. The van der Waals surface area contributed by atoms with Crippen LogP contribution >= 0.6 is 11.8 Å². The minimum Gasteiger partial charge on any atom is -0.456 e. The van der Waals surface area contributed by atoms with Crippen LogP contribution < -0.4 is 5.32 Å². The first-order valence-corrected chi connectivity index (χ1v) is 8.23. The van der Waals surface area contributed by atoms with E-state index in [0.29, 0.717) is 10.8 Å². The first kappa shape index (κ1) is 18.2. The van der Waals surface area contributed by atoms with Crippen LogP contribution in [0.3, 0.4) is 0 Å². The van der Waals surface area contributed by atoms with Crippen LogP contribution in [0.4, 0.5) is 18.9 Å². The lowest BCUT2D eigenvalue weighted by Crippen LogP contribution is -2.31. The van der Waals surface area contributed by atoms with E-state index in [2.05, 4.69) is 15.5 Å². The zero-order valence-electron chi connectivity index (χ0n) is 13.3. The maximum Gasteiger partial charge on any atom is 0.416 e. The second kappa shape index (κ2) is 6.98. The van der Waals surface area contributed by atoms with Crippen molar-refractivity contribution < 1.29 is 31.9 Å². The van der Waals surface area contributed by atoms with E-state index in [1.165, 1.54) is 6.07 Å². The summed E-state index contributed by atoms with van der Waals surface area (Å²) in [6, 6.07) is 3.06. The minimum atomic E-state index is -4.50. The first-order chi connectivity index (χ1) is 12.2. The number of nitrogens with zero attached hydrogens (tertiary/aromatic N) is 2. The highest BCUT2D eigenvalue weighted by atomic mass is 32.2. The SMILES string of the molecule is Cc1nnc(COC(=O)C[C@H]2Sc3ccc(C(F)(F)F)cc3NC2=O)o1. The van der Waals surface area contributed by atoms with E-state index in [0.717, 1.165) is 23.9 Å². The van der Waals surface area contributed by atoms with E-state index >= 15 is 0 Å². The quantitative estimate of drug-likeness (QED) is 0.806. The first-order valence-electron chi connectivity index (χ1n) is 7.36. The van der Waals surface area contributed by atoms with Crippen LogP contribution in [0.15, 0.2) is 27.5 Å². The number of carbonyl (C=O) groups excluding carboxylic acids is 2. The van der Waals surface area contributed by atoms with Gasteiger partial charge in [0.05, 0.1) is 22.9 Å². The van der Waals surface area contributed by atoms with Crippen molar-refractivity contribution in [1.29, 1.82) is 0 Å². The smallest absolute Gasteiger partial charge is 0.416 e. The lowest BCUT2D eigenvalue weighted by molar-refractivity contribution is -0.146. The van der Waals surface area contributed by atoms with Crippen molar-refractivity contribution in [2.75, 3.05) is 5.32 Å². The number of nitrogens with one attached hydrogen (secondary N) is 1. The molecule has 0 saturated carbocycles. The van der Waals surface area contributed by atoms with Gasteiger partial charge in [-0.25, -0.2) is 0 Å². The highest BCUT2D eigenvalue weighted by Gasteiger charge is 2.34. The topological polar surface area (TPSA) is 94.3 Å². The predicted molar refractivity (Wildman–Crippen MR) is 83.2 cm³/mol. The molecule has 0 aliphatic carbocycles. The monoisotopic (exact) mass is 387 g/mol. The molecule has 1 aliphatic rings. The summed E-state index contributed by atoms with van der Waals surface area (Å²) in [6.45, 7) is 1.37. The van der Waals surface area contributed by atoms with Crippen molar-refractivity contribution in [3.63, 3.8) is 0 Å². The Morgan fingerprint density at radius 3 is 2.81 bits per heavy atom. The number of esters is 1. The van der Waals surface area contributed by atoms with E-state index in [4.69, 9.17) is 9.15 Å². The van der Waals surface area contributed by atoms with Crippen LogP contribution in [0.2, 0.25) is 0 Å². The van der Waals surface area contributed by atoms with Crippen molar-refractivity contribution in [2.45, 2.75) is 36.3 Å². The number of fused-ring (bicyclic) bond motifs is 1. The summed E-state index contributed by atoms with van der Waals surface area (Å²) in [5, 5.41) is 8.84. The summed E-state index contributed by atoms with van der Waals surface area (Å²) in [7, 11) is 0. The fourth-order valence-corrected chi connectivity index (χ4v) is 3.28. The summed E-state index contributed by atoms with van der Waals surface area (Å²) in [4.78, 5) is 24.4. The number of alkyl halides is 3. The van der Waals surface area contributed by atoms with Crippen molar-refractivity contribution in [3.8, 4) is 0 Å². The third kappa shape index (κ3) is 4.15. The maximum absolute atomic E-state index is 12.7. The number of anilines is 1. The summed E-state index contributed by atoms with van der Waals surface area (Å²) >= 11 is 1.01. The third-order valence-electron chi connectivity index (χ3n) is 3.40. The van der Waals surface area contributed by atoms with Crippen molar-refractivity contribution in [1.82, 2.24) is 10.2 Å². The molecule has 7 nitrogen and oxygen atoms in total. The number of benzene rings is 1. The standard InChI is InChI=1S/C15H12F3N3O4S/c1-7-20-21-12(25-7)6-24-13(22)5-11-14(23)19-9-4-8(15(16,17)18)2-3-10(9)26-11/h2-4,11H,5-6H2,1H3,(H,19,23)/t11-/m1/s1.